The largest absolute Gasteiger partial charge is 0.472 e. The first-order valence-corrected chi connectivity index (χ1v) is 5.98. The third kappa shape index (κ3) is 4.60. The molecule has 7 heteroatoms. The molecule has 0 aliphatic heterocycles. The quantitative estimate of drug-likeness (QED) is 0.816. The van der Waals surface area contributed by atoms with Crippen molar-refractivity contribution in [3.05, 3.63) is 28.2 Å². The molecular formula is C11H14Cl2N2O3. The van der Waals surface area contributed by atoms with Crippen LogP contribution in [0.1, 0.15) is 0 Å². The molecule has 1 rings (SSSR count). The minimum absolute atomic E-state index is 0.0179. The van der Waals surface area contributed by atoms with Crippen LogP contribution in [0.3, 0.4) is 0 Å². The van der Waals surface area contributed by atoms with Gasteiger partial charge in [-0.1, -0.05) is 23.2 Å². The van der Waals surface area contributed by atoms with E-state index in [-0.39, 0.29) is 25.9 Å². The fourth-order valence-corrected chi connectivity index (χ4v) is 1.62. The Bertz CT molecular complexity index is 415. The lowest BCUT2D eigenvalue weighted by Gasteiger charge is -2.17. The normalized spacial score (nSPS) is 10.0. The van der Waals surface area contributed by atoms with Crippen molar-refractivity contribution in [1.82, 2.24) is 10.2 Å². The van der Waals surface area contributed by atoms with Crippen LogP contribution < -0.4 is 10.1 Å². The Hall–Kier alpha value is -1.17. The first-order chi connectivity index (χ1) is 8.54. The number of carbonyl (C=O) groups is 1. The second-order valence-corrected chi connectivity index (χ2v) is 4.33. The highest BCUT2D eigenvalue weighted by Crippen LogP contribution is 2.27. The monoisotopic (exact) mass is 292 g/mol. The highest BCUT2D eigenvalue weighted by atomic mass is 35.5. The molecule has 100 valence electrons. The average Bonchev–Trinajstić information content (AvgIpc) is 2.32. The van der Waals surface area contributed by atoms with Gasteiger partial charge in [-0.05, 0) is 18.2 Å². The molecular weight excluding hydrogens is 279 g/mol. The number of likely N-dealkylation sites (N-methyl/N-ethyl adjacent to an activating group) is 1. The average molecular weight is 293 g/mol. The Kier molecular flexibility index (Phi) is 6.04. The summed E-state index contributed by atoms with van der Waals surface area (Å²) in [5, 5.41) is 12.1. The van der Waals surface area contributed by atoms with Crippen molar-refractivity contribution < 1.29 is 14.6 Å². The van der Waals surface area contributed by atoms with Crippen molar-refractivity contribution in [3.63, 3.8) is 0 Å². The Balaban J connectivity index is 2.39. The molecule has 2 N–H and O–H groups in total. The third-order valence-corrected chi connectivity index (χ3v) is 2.66. The van der Waals surface area contributed by atoms with Gasteiger partial charge in [0.25, 0.3) is 0 Å². The summed E-state index contributed by atoms with van der Waals surface area (Å²) in [6.45, 7) is 0.150. The number of rotatable bonds is 5. The number of halogens is 2. The fraction of sp³-hybridized carbons (Fsp3) is 0.364. The lowest BCUT2D eigenvalue weighted by atomic mass is 10.3. The standard InChI is InChI=1S/C11H14Cl2N2O3/c1-15(4-5-16)11(17)14-7-18-10-3-2-8(12)6-9(10)13/h2-3,6,16H,4-5,7H2,1H3,(H,14,17). The zero-order valence-electron chi connectivity index (χ0n) is 9.82. The maximum Gasteiger partial charge on any atom is 0.319 e. The molecule has 0 saturated heterocycles. The summed E-state index contributed by atoms with van der Waals surface area (Å²) in [4.78, 5) is 12.8. The smallest absolute Gasteiger partial charge is 0.319 e. The summed E-state index contributed by atoms with van der Waals surface area (Å²) in [6.07, 6.45) is 0. The van der Waals surface area contributed by atoms with E-state index in [1.165, 1.54) is 4.90 Å². The van der Waals surface area contributed by atoms with Gasteiger partial charge in [-0.3, -0.25) is 0 Å². The molecule has 0 aliphatic carbocycles. The summed E-state index contributed by atoms with van der Waals surface area (Å²) in [7, 11) is 1.57. The van der Waals surface area contributed by atoms with E-state index < -0.39 is 0 Å². The van der Waals surface area contributed by atoms with Crippen LogP contribution in [-0.4, -0.2) is 43.0 Å². The van der Waals surface area contributed by atoms with Crippen molar-refractivity contribution in [2.45, 2.75) is 0 Å². The van der Waals surface area contributed by atoms with Gasteiger partial charge in [-0.15, -0.1) is 0 Å². The van der Waals surface area contributed by atoms with E-state index in [0.29, 0.717) is 15.8 Å². The van der Waals surface area contributed by atoms with Crippen LogP contribution >= 0.6 is 23.2 Å². The van der Waals surface area contributed by atoms with Gasteiger partial charge in [0, 0.05) is 18.6 Å². The molecule has 0 bridgehead atoms. The summed E-state index contributed by atoms with van der Waals surface area (Å²) < 4.78 is 5.28. The Morgan fingerprint density at radius 1 is 1.50 bits per heavy atom. The predicted molar refractivity (Wildman–Crippen MR) is 70.2 cm³/mol. The number of nitrogens with zero attached hydrogens (tertiary/aromatic N) is 1. The SMILES string of the molecule is CN(CCO)C(=O)NCOc1ccc(Cl)cc1Cl. The molecule has 2 amide bonds. The second-order valence-electron chi connectivity index (χ2n) is 3.49. The third-order valence-electron chi connectivity index (χ3n) is 2.13. The molecule has 0 aromatic heterocycles. The molecule has 0 atom stereocenters. The van der Waals surface area contributed by atoms with Crippen LogP contribution in [0.25, 0.3) is 0 Å². The number of amides is 2. The number of hydrogen-bond donors (Lipinski definition) is 2. The number of hydrogen-bond acceptors (Lipinski definition) is 3. The van der Waals surface area contributed by atoms with Gasteiger partial charge in [0.05, 0.1) is 11.6 Å². The number of benzene rings is 1. The van der Waals surface area contributed by atoms with Gasteiger partial charge in [0.1, 0.15) is 5.75 Å². The highest BCUT2D eigenvalue weighted by molar-refractivity contribution is 6.35. The van der Waals surface area contributed by atoms with Crippen molar-refractivity contribution in [3.8, 4) is 5.75 Å². The molecule has 0 radical (unpaired) electrons. The minimum Gasteiger partial charge on any atom is -0.472 e. The maximum atomic E-state index is 11.4. The highest BCUT2D eigenvalue weighted by Gasteiger charge is 2.07. The number of ether oxygens (including phenoxy) is 1. The van der Waals surface area contributed by atoms with Gasteiger partial charge in [-0.25, -0.2) is 4.79 Å². The van der Waals surface area contributed by atoms with Crippen LogP contribution in [0, 0.1) is 0 Å². The van der Waals surface area contributed by atoms with Crippen LogP contribution in [-0.2, 0) is 0 Å². The first-order valence-electron chi connectivity index (χ1n) is 5.22. The van der Waals surface area contributed by atoms with E-state index in [2.05, 4.69) is 5.32 Å². The van der Waals surface area contributed by atoms with E-state index in [0.717, 1.165) is 0 Å². The molecule has 5 nitrogen and oxygen atoms in total. The Morgan fingerprint density at radius 2 is 2.22 bits per heavy atom. The summed E-state index contributed by atoms with van der Waals surface area (Å²) >= 11 is 11.6. The Labute approximate surface area is 115 Å². The number of carbonyl (C=O) groups excluding carboxylic acids is 1. The molecule has 0 saturated carbocycles. The summed E-state index contributed by atoms with van der Waals surface area (Å²) in [5.41, 5.74) is 0. The number of aliphatic hydroxyl groups excluding tert-OH is 1. The molecule has 1 aromatic rings. The van der Waals surface area contributed by atoms with Crippen LogP contribution in [0.5, 0.6) is 5.75 Å². The fourth-order valence-electron chi connectivity index (χ4n) is 1.15. The summed E-state index contributed by atoms with van der Waals surface area (Å²) in [6, 6.07) is 4.48. The van der Waals surface area contributed by atoms with Gasteiger partial charge in [0.15, 0.2) is 6.73 Å². The molecule has 0 aliphatic rings. The second kappa shape index (κ2) is 7.31. The van der Waals surface area contributed by atoms with Crippen LogP contribution in [0.15, 0.2) is 18.2 Å². The lowest BCUT2D eigenvalue weighted by Crippen LogP contribution is -2.40. The lowest BCUT2D eigenvalue weighted by molar-refractivity contribution is 0.179. The zero-order chi connectivity index (χ0) is 13.5. The predicted octanol–water partition coefficient (Wildman–Crippen LogP) is 1.96. The van der Waals surface area contributed by atoms with E-state index in [4.69, 9.17) is 33.0 Å². The van der Waals surface area contributed by atoms with Gasteiger partial charge >= 0.3 is 6.03 Å². The molecule has 0 heterocycles. The maximum absolute atomic E-state index is 11.4. The number of aliphatic hydroxyl groups is 1. The summed E-state index contributed by atoms with van der Waals surface area (Å²) in [5.74, 6) is 0.436. The molecule has 0 spiro atoms. The zero-order valence-corrected chi connectivity index (χ0v) is 11.3. The minimum atomic E-state index is -0.339. The van der Waals surface area contributed by atoms with Crippen molar-refractivity contribution in [2.24, 2.45) is 0 Å². The molecule has 1 aromatic carbocycles. The molecule has 0 fully saturated rings. The van der Waals surface area contributed by atoms with Gasteiger partial charge in [-0.2, -0.15) is 0 Å². The van der Waals surface area contributed by atoms with E-state index in [9.17, 15) is 4.79 Å². The van der Waals surface area contributed by atoms with Gasteiger partial charge in [0.2, 0.25) is 0 Å². The van der Waals surface area contributed by atoms with Crippen molar-refractivity contribution in [2.75, 3.05) is 26.9 Å². The van der Waals surface area contributed by atoms with Crippen LogP contribution in [0.2, 0.25) is 10.0 Å². The van der Waals surface area contributed by atoms with Crippen molar-refractivity contribution >= 4 is 29.2 Å². The van der Waals surface area contributed by atoms with Crippen molar-refractivity contribution in [1.29, 1.82) is 0 Å². The number of nitrogens with one attached hydrogen (secondary N) is 1. The van der Waals surface area contributed by atoms with Crippen LogP contribution in [0.4, 0.5) is 4.79 Å². The first kappa shape index (κ1) is 14.9. The van der Waals surface area contributed by atoms with E-state index >= 15 is 0 Å². The molecule has 0 unspecified atom stereocenters. The topological polar surface area (TPSA) is 61.8 Å². The van der Waals surface area contributed by atoms with E-state index in [1.807, 2.05) is 0 Å². The Morgan fingerprint density at radius 3 is 2.83 bits per heavy atom. The number of urea groups is 1. The molecule has 18 heavy (non-hydrogen) atoms. The van der Waals surface area contributed by atoms with Gasteiger partial charge < -0.3 is 20.1 Å². The van der Waals surface area contributed by atoms with E-state index in [1.54, 1.807) is 25.2 Å².